The number of benzene rings is 1. The maximum atomic E-state index is 12.7. The molecule has 6 nitrogen and oxygen atoms in total. The Morgan fingerprint density at radius 1 is 1.07 bits per heavy atom. The van der Waals surface area contributed by atoms with Gasteiger partial charge in [-0.05, 0) is 50.0 Å². The Hall–Kier alpha value is -2.08. The molecule has 4 fully saturated rings. The summed E-state index contributed by atoms with van der Waals surface area (Å²) in [5.41, 5.74) is 1.24. The van der Waals surface area contributed by atoms with Crippen LogP contribution in [0.4, 0.5) is 5.69 Å². The van der Waals surface area contributed by atoms with Gasteiger partial charge in [-0.2, -0.15) is 0 Å². The van der Waals surface area contributed by atoms with E-state index in [0.717, 1.165) is 17.8 Å². The Balaban J connectivity index is 1.27. The van der Waals surface area contributed by atoms with Crippen molar-refractivity contribution in [2.45, 2.75) is 51.0 Å². The van der Waals surface area contributed by atoms with Crippen LogP contribution in [0.3, 0.4) is 0 Å². The van der Waals surface area contributed by atoms with Crippen LogP contribution >= 0.6 is 0 Å². The smallest absolute Gasteiger partial charge is 0.279 e. The minimum absolute atomic E-state index is 0.0629. The highest BCUT2D eigenvalue weighted by Crippen LogP contribution is 2.54. The summed E-state index contributed by atoms with van der Waals surface area (Å²) in [6.45, 7) is 2.04. The van der Waals surface area contributed by atoms with Crippen molar-refractivity contribution in [2.24, 2.45) is 17.8 Å². The molecule has 1 aliphatic heterocycles. The lowest BCUT2D eigenvalue weighted by Gasteiger charge is -2.54. The number of nitrogens with one attached hydrogen (secondary N) is 1. The topological polar surface area (TPSA) is 81.2 Å². The highest BCUT2D eigenvalue weighted by Gasteiger charge is 2.53. The molecule has 1 heterocycles. The van der Waals surface area contributed by atoms with Gasteiger partial charge in [0.2, 0.25) is 6.79 Å². The molecule has 1 aromatic carbocycles. The first-order valence-corrected chi connectivity index (χ1v) is 10.1. The van der Waals surface area contributed by atoms with Crippen molar-refractivity contribution in [3.8, 4) is 11.5 Å². The average Bonchev–Trinajstić information content (AvgIpc) is 3.05. The van der Waals surface area contributed by atoms with E-state index in [1.807, 2.05) is 0 Å². The Labute approximate surface area is 159 Å². The number of anilines is 1. The SMILES string of the molecule is CC(=O)c1cc2c(cc1NC(=O)C[NH2+]C13CC4CC(CC(C4)C1)C3)OCO2. The van der Waals surface area contributed by atoms with E-state index in [9.17, 15) is 9.59 Å². The van der Waals surface area contributed by atoms with Crippen LogP contribution in [0.2, 0.25) is 0 Å². The van der Waals surface area contributed by atoms with E-state index < -0.39 is 0 Å². The molecule has 0 spiro atoms. The van der Waals surface area contributed by atoms with Crippen molar-refractivity contribution in [2.75, 3.05) is 18.7 Å². The lowest BCUT2D eigenvalue weighted by Crippen LogP contribution is -3.00. The second-order valence-corrected chi connectivity index (χ2v) is 9.04. The number of ketones is 1. The number of amides is 1. The van der Waals surface area contributed by atoms with Crippen molar-refractivity contribution in [1.82, 2.24) is 0 Å². The fourth-order valence-corrected chi connectivity index (χ4v) is 6.27. The fourth-order valence-electron chi connectivity index (χ4n) is 6.27. The number of rotatable bonds is 5. The number of nitrogens with two attached hydrogens (primary N) is 1. The first-order chi connectivity index (χ1) is 13.0. The van der Waals surface area contributed by atoms with Crippen molar-refractivity contribution in [3.05, 3.63) is 17.7 Å². The van der Waals surface area contributed by atoms with Gasteiger partial charge in [0.05, 0.1) is 11.2 Å². The van der Waals surface area contributed by atoms with Crippen molar-refractivity contribution < 1.29 is 24.4 Å². The molecule has 144 valence electrons. The third-order valence-corrected chi connectivity index (χ3v) is 6.97. The van der Waals surface area contributed by atoms with Crippen LogP contribution in [-0.4, -0.2) is 30.6 Å². The van der Waals surface area contributed by atoms with Crippen LogP contribution in [0, 0.1) is 17.8 Å². The monoisotopic (exact) mass is 371 g/mol. The number of hydrogen-bond acceptors (Lipinski definition) is 4. The second-order valence-electron chi connectivity index (χ2n) is 9.04. The number of carbonyl (C=O) groups is 2. The number of ether oxygens (including phenoxy) is 2. The zero-order valence-electron chi connectivity index (χ0n) is 15.8. The van der Waals surface area contributed by atoms with Gasteiger partial charge in [-0.1, -0.05) is 0 Å². The van der Waals surface area contributed by atoms with E-state index >= 15 is 0 Å². The Morgan fingerprint density at radius 3 is 2.26 bits per heavy atom. The molecule has 1 amide bonds. The molecule has 6 rings (SSSR count). The summed E-state index contributed by atoms with van der Waals surface area (Å²) in [5, 5.41) is 5.21. The third kappa shape index (κ3) is 3.10. The summed E-state index contributed by atoms with van der Waals surface area (Å²) in [6, 6.07) is 3.35. The van der Waals surface area contributed by atoms with Crippen LogP contribution in [0.5, 0.6) is 11.5 Å². The van der Waals surface area contributed by atoms with Gasteiger partial charge in [-0.25, -0.2) is 0 Å². The predicted octanol–water partition coefficient (Wildman–Crippen LogP) is 2.09. The lowest BCUT2D eigenvalue weighted by molar-refractivity contribution is -0.729. The maximum absolute atomic E-state index is 12.7. The molecule has 0 unspecified atom stereocenters. The summed E-state index contributed by atoms with van der Waals surface area (Å²) in [5.74, 6) is 3.57. The highest BCUT2D eigenvalue weighted by molar-refractivity contribution is 6.04. The van der Waals surface area contributed by atoms with Crippen LogP contribution in [0.15, 0.2) is 12.1 Å². The molecule has 6 heteroatoms. The molecule has 5 aliphatic rings. The molecule has 1 aromatic rings. The largest absolute Gasteiger partial charge is 0.454 e. The van der Waals surface area contributed by atoms with Gasteiger partial charge in [-0.3, -0.25) is 9.59 Å². The van der Waals surface area contributed by atoms with Gasteiger partial charge in [0.25, 0.3) is 5.91 Å². The average molecular weight is 371 g/mol. The fraction of sp³-hybridized carbons (Fsp3) is 0.619. The molecule has 0 aromatic heterocycles. The first-order valence-electron chi connectivity index (χ1n) is 10.1. The number of hydrogen-bond donors (Lipinski definition) is 2. The number of quaternary nitrogens is 1. The van der Waals surface area contributed by atoms with Gasteiger partial charge in [0.15, 0.2) is 23.8 Å². The van der Waals surface area contributed by atoms with E-state index in [4.69, 9.17) is 9.47 Å². The number of carbonyl (C=O) groups excluding carboxylic acids is 2. The molecule has 27 heavy (non-hydrogen) atoms. The van der Waals surface area contributed by atoms with E-state index in [1.54, 1.807) is 12.1 Å². The van der Waals surface area contributed by atoms with Gasteiger partial charge in [0, 0.05) is 30.9 Å². The molecule has 4 bridgehead atoms. The lowest BCUT2D eigenvalue weighted by atomic mass is 9.53. The zero-order chi connectivity index (χ0) is 18.6. The maximum Gasteiger partial charge on any atom is 0.279 e. The number of Topliss-reactive ketones (excluding diaryl/α,β-unsaturated/α-hetero) is 1. The van der Waals surface area contributed by atoms with Crippen LogP contribution in [-0.2, 0) is 4.79 Å². The highest BCUT2D eigenvalue weighted by atomic mass is 16.7. The van der Waals surface area contributed by atoms with E-state index in [0.29, 0.717) is 29.3 Å². The van der Waals surface area contributed by atoms with Gasteiger partial charge >= 0.3 is 0 Å². The summed E-state index contributed by atoms with van der Waals surface area (Å²) < 4.78 is 10.7. The molecule has 0 radical (unpaired) electrons. The minimum atomic E-state index is -0.103. The van der Waals surface area contributed by atoms with Crippen LogP contribution in [0.25, 0.3) is 0 Å². The Morgan fingerprint density at radius 2 is 1.67 bits per heavy atom. The zero-order valence-corrected chi connectivity index (χ0v) is 15.8. The van der Waals surface area contributed by atoms with Crippen molar-refractivity contribution in [3.63, 3.8) is 0 Å². The molecule has 0 atom stereocenters. The molecule has 4 aliphatic carbocycles. The second kappa shape index (κ2) is 6.23. The Kier molecular flexibility index (Phi) is 3.93. The summed E-state index contributed by atoms with van der Waals surface area (Å²) in [6.07, 6.45) is 7.98. The van der Waals surface area contributed by atoms with Crippen molar-refractivity contribution >= 4 is 17.4 Å². The summed E-state index contributed by atoms with van der Waals surface area (Å²) in [4.78, 5) is 24.6. The third-order valence-electron chi connectivity index (χ3n) is 6.97. The van der Waals surface area contributed by atoms with Gasteiger partial charge < -0.3 is 20.1 Å². The molecule has 4 saturated carbocycles. The van der Waals surface area contributed by atoms with Crippen molar-refractivity contribution in [1.29, 1.82) is 0 Å². The molecular formula is C21H27N2O4+. The van der Waals surface area contributed by atoms with E-state index in [-0.39, 0.29) is 24.0 Å². The quantitative estimate of drug-likeness (QED) is 0.777. The van der Waals surface area contributed by atoms with E-state index in [2.05, 4.69) is 10.6 Å². The molecule has 0 saturated heterocycles. The Bertz CT molecular complexity index is 768. The normalized spacial score (nSPS) is 32.6. The summed E-state index contributed by atoms with van der Waals surface area (Å²) >= 11 is 0. The minimum Gasteiger partial charge on any atom is -0.454 e. The molecular weight excluding hydrogens is 344 g/mol. The summed E-state index contributed by atoms with van der Waals surface area (Å²) in [7, 11) is 0. The van der Waals surface area contributed by atoms with Crippen LogP contribution < -0.4 is 20.1 Å². The number of fused-ring (bicyclic) bond motifs is 1. The molecule has 3 N–H and O–H groups in total. The van der Waals surface area contributed by atoms with E-state index in [1.165, 1.54) is 45.4 Å². The van der Waals surface area contributed by atoms with Gasteiger partial charge in [0.1, 0.15) is 0 Å². The van der Waals surface area contributed by atoms with Gasteiger partial charge in [-0.15, -0.1) is 0 Å². The standard InChI is InChI=1S/C21H26N2O4/c1-12(24)16-5-18-19(27-11-26-18)6-17(16)23-20(25)10-22-21-7-13-2-14(8-21)4-15(3-13)9-21/h5-6,13-15,22H,2-4,7-11H2,1H3,(H,23,25)/p+1. The first kappa shape index (κ1) is 17.0. The van der Waals surface area contributed by atoms with Crippen LogP contribution in [0.1, 0.15) is 55.8 Å². The predicted molar refractivity (Wildman–Crippen MR) is 98.9 cm³/mol.